The molecule has 0 aromatic heterocycles. The summed E-state index contributed by atoms with van der Waals surface area (Å²) in [6.45, 7) is 31.1. The van der Waals surface area contributed by atoms with Crippen LogP contribution in [0.4, 0.5) is 11.4 Å². The minimum absolute atomic E-state index is 0.140. The van der Waals surface area contributed by atoms with Crippen molar-refractivity contribution in [3.63, 3.8) is 0 Å². The number of hydrogen-bond donors (Lipinski definition) is 0. The largest absolute Gasteiger partial charge is 0.534 e. The zero-order valence-electron chi connectivity index (χ0n) is 78.2. The summed E-state index contributed by atoms with van der Waals surface area (Å²) in [5.74, 6) is 4.81. The molecule has 0 radical (unpaired) electrons. The first-order chi connectivity index (χ1) is 63.8. The molecule has 0 fully saturated rings. The van der Waals surface area contributed by atoms with Gasteiger partial charge in [0.1, 0.15) is 47.7 Å². The Hall–Kier alpha value is -13.5. The van der Waals surface area contributed by atoms with Crippen molar-refractivity contribution < 1.29 is 32.0 Å². The van der Waals surface area contributed by atoms with E-state index in [1.807, 2.05) is 72.8 Å². The molecule has 16 aromatic carbocycles. The molecule has 0 heterocycles. The lowest BCUT2D eigenvalue weighted by Crippen LogP contribution is -2.68. The number of benzene rings is 16. The zero-order valence-corrected chi connectivity index (χ0v) is 82.2. The van der Waals surface area contributed by atoms with Gasteiger partial charge in [0.15, 0.2) is 6.29 Å². The van der Waals surface area contributed by atoms with Gasteiger partial charge in [0.05, 0.1) is 5.56 Å². The molecule has 0 atom stereocenters. The number of hydrogen-bond acceptors (Lipinski definition) is 9. The second kappa shape index (κ2) is 41.7. The summed E-state index contributed by atoms with van der Waals surface area (Å²) in [7, 11) is -11.2. The molecular formula is C119H122N2O7Si4. The lowest BCUT2D eigenvalue weighted by Gasteiger charge is -2.43. The Kier molecular flexibility index (Phi) is 29.4. The van der Waals surface area contributed by atoms with Gasteiger partial charge in [-0.25, -0.2) is 0 Å². The summed E-state index contributed by atoms with van der Waals surface area (Å²) in [5.41, 5.74) is 9.29. The highest BCUT2D eigenvalue weighted by atomic mass is 28.4. The van der Waals surface area contributed by atoms with Crippen molar-refractivity contribution in [3.05, 3.63) is 482 Å². The number of rotatable bonds is 33. The van der Waals surface area contributed by atoms with E-state index in [1.54, 1.807) is 0 Å². The number of carbonyl (C=O) groups is 1. The Morgan fingerprint density at radius 2 is 0.447 bits per heavy atom. The van der Waals surface area contributed by atoms with Crippen LogP contribution < -0.4 is 78.5 Å². The first kappa shape index (κ1) is 93.1. The lowest BCUT2D eigenvalue weighted by atomic mass is 10.1. The van der Waals surface area contributed by atoms with E-state index in [0.29, 0.717) is 50.7 Å². The summed E-state index contributed by atoms with van der Waals surface area (Å²) in [6, 6.07) is 156. The Morgan fingerprint density at radius 1 is 0.220 bits per heavy atom. The van der Waals surface area contributed by atoms with E-state index in [0.717, 1.165) is 68.7 Å². The maximum atomic E-state index is 12.3. The number of ether oxygens (including phenoxy) is 2. The average Bonchev–Trinajstić information content (AvgIpc) is 0.754. The number of nitrogens with zero attached hydrogens (tertiary/aromatic N) is 2. The Labute approximate surface area is 787 Å². The van der Waals surface area contributed by atoms with Crippen LogP contribution in [0.3, 0.4) is 0 Å². The van der Waals surface area contributed by atoms with Crippen LogP contribution in [-0.2, 0) is 39.4 Å². The molecule has 0 unspecified atom stereocenters. The Morgan fingerprint density at radius 3 is 0.682 bits per heavy atom. The van der Waals surface area contributed by atoms with E-state index in [-0.39, 0.29) is 20.2 Å². The normalized spacial score (nSPS) is 12.0. The summed E-state index contributed by atoms with van der Waals surface area (Å²) < 4.78 is 42.2. The zero-order chi connectivity index (χ0) is 92.2. The minimum Gasteiger partial charge on any atom is -0.534 e. The van der Waals surface area contributed by atoms with Crippen LogP contribution >= 0.6 is 0 Å². The highest BCUT2D eigenvalue weighted by molar-refractivity contribution is 7.02. The van der Waals surface area contributed by atoms with Crippen molar-refractivity contribution in [2.75, 3.05) is 9.80 Å². The van der Waals surface area contributed by atoms with Crippen LogP contribution in [0.5, 0.6) is 34.5 Å². The van der Waals surface area contributed by atoms with E-state index in [1.165, 1.54) is 52.6 Å². The van der Waals surface area contributed by atoms with Crippen LogP contribution in [0.25, 0.3) is 0 Å². The van der Waals surface area contributed by atoms with E-state index in [4.69, 9.17) is 27.2 Å². The third kappa shape index (κ3) is 21.4. The minimum atomic E-state index is -2.82. The van der Waals surface area contributed by atoms with Gasteiger partial charge in [0.25, 0.3) is 0 Å². The predicted octanol–water partition coefficient (Wildman–Crippen LogP) is 24.5. The van der Waals surface area contributed by atoms with Crippen LogP contribution in [0.2, 0.25) is 20.2 Å². The summed E-state index contributed by atoms with van der Waals surface area (Å²) in [4.78, 5) is 17.1. The molecule has 0 N–H and O–H groups in total. The fraction of sp³-hybridized carbons (Fsp3) is 0.185. The third-order valence-corrected chi connectivity index (χ3v) is 44.9. The SMILES string of the molecule is CC(C)(C)[Si](Oc1ccc(CN(Cc2ccc(O[Si](c3ccccc3)(c3ccccc3)C(C)(C)C)cc2)c2ccc(C=O)c(OCc3ccccc3)c2)cc1)(c1ccccc1)c1ccccc1.CC(C)(C)[Si](Oc1ccc(CN(Cc2ccc(O[Si](c3ccccc3)(c3ccccc3)C(C)(C)C)cc2)c2cccc(OCc3ccccc3)c2)cc1)(c1ccccc1)c1ccccc1. The van der Waals surface area contributed by atoms with Crippen molar-refractivity contribution in [3.8, 4) is 34.5 Å². The number of aldehydes is 1. The van der Waals surface area contributed by atoms with Crippen molar-refractivity contribution in [2.24, 2.45) is 0 Å². The quantitative estimate of drug-likeness (QED) is 0.0295. The molecule has 0 bridgehead atoms. The Balaban J connectivity index is 0.000000202. The second-order valence-electron chi connectivity index (χ2n) is 38.2. The average molecular weight is 1800 g/mol. The van der Waals surface area contributed by atoms with Gasteiger partial charge < -0.3 is 37.0 Å². The maximum absolute atomic E-state index is 12.3. The molecule has 0 amide bonds. The van der Waals surface area contributed by atoms with Crippen LogP contribution in [0, 0.1) is 0 Å². The van der Waals surface area contributed by atoms with Crippen molar-refractivity contribution in [1.29, 1.82) is 0 Å². The van der Waals surface area contributed by atoms with E-state index < -0.39 is 33.3 Å². The topological polar surface area (TPSA) is 78.9 Å². The molecule has 0 aliphatic rings. The van der Waals surface area contributed by atoms with Gasteiger partial charge in [-0.1, -0.05) is 441 Å². The fourth-order valence-electron chi connectivity index (χ4n) is 18.5. The third-order valence-electron chi connectivity index (χ3n) is 25.1. The molecular weight excluding hydrogens is 1680 g/mol. The molecule has 13 heteroatoms. The molecule has 16 rings (SSSR count). The molecule has 0 saturated heterocycles. The lowest BCUT2D eigenvalue weighted by molar-refractivity contribution is 0.111. The van der Waals surface area contributed by atoms with Gasteiger partial charge in [-0.2, -0.15) is 0 Å². The maximum Gasteiger partial charge on any atom is 0.319 e. The predicted molar refractivity (Wildman–Crippen MR) is 558 cm³/mol. The van der Waals surface area contributed by atoms with Gasteiger partial charge in [0.2, 0.25) is 0 Å². The van der Waals surface area contributed by atoms with Crippen molar-refractivity contribution >= 4 is 92.4 Å². The molecule has 0 aliphatic carbocycles. The highest BCUT2D eigenvalue weighted by Gasteiger charge is 2.56. The highest BCUT2D eigenvalue weighted by Crippen LogP contribution is 2.44. The van der Waals surface area contributed by atoms with Crippen LogP contribution in [-0.4, -0.2) is 39.6 Å². The number of carbonyl (C=O) groups excluding carboxylic acids is 1. The standard InChI is InChI=1S/C60H61NO4Si2.C59H61NO3Si2/c1-59(2,3)66(54-24-14-8-15-25-54,55-26-16-9-17-27-55)64-52-38-32-47(33-39-52)43-61(51-37-36-50(45-62)58(42-51)63-46-49-22-12-7-13-23-49)44-48-34-40-53(41-35-48)65-67(60(4,5)6,56-28-18-10-19-29-56)57-30-20-11-21-31-57;1-58(2,3)64(54-27-14-8-15-28-54,55-29-16-9-17-30-55)62-51-39-35-47(36-40-51)44-60(50-25-22-26-53(43-50)61-46-49-23-12-7-13-24-49)45-48-37-41-52(42-38-48)63-65(59(4,5)6,56-31-18-10-19-32-56)57-33-20-11-21-34-57/h7-42,45H,43-44,46H2,1-6H3;7-43H,44-46H2,1-6H3. The number of anilines is 2. The smallest absolute Gasteiger partial charge is 0.319 e. The molecule has 0 saturated carbocycles. The second-order valence-corrected chi connectivity index (χ2v) is 55.1. The molecule has 0 spiro atoms. The van der Waals surface area contributed by atoms with E-state index in [2.05, 4.69) is 463 Å². The van der Waals surface area contributed by atoms with Gasteiger partial charge >= 0.3 is 33.3 Å². The summed E-state index contributed by atoms with van der Waals surface area (Å²) >= 11 is 0. The molecule has 132 heavy (non-hydrogen) atoms. The van der Waals surface area contributed by atoms with Gasteiger partial charge in [0, 0.05) is 49.7 Å². The van der Waals surface area contributed by atoms with Crippen LogP contribution in [0.1, 0.15) is 127 Å². The first-order valence-corrected chi connectivity index (χ1v) is 53.6. The van der Waals surface area contributed by atoms with E-state index in [9.17, 15) is 4.79 Å². The van der Waals surface area contributed by atoms with Crippen molar-refractivity contribution in [2.45, 2.75) is 143 Å². The van der Waals surface area contributed by atoms with Crippen molar-refractivity contribution in [1.82, 2.24) is 0 Å². The monoisotopic (exact) mass is 1800 g/mol. The molecule has 16 aromatic rings. The van der Waals surface area contributed by atoms with Crippen LogP contribution in [0.15, 0.2) is 443 Å². The van der Waals surface area contributed by atoms with Gasteiger partial charge in [-0.05, 0) is 168 Å². The molecule has 666 valence electrons. The van der Waals surface area contributed by atoms with Gasteiger partial charge in [-0.3, -0.25) is 4.79 Å². The summed E-state index contributed by atoms with van der Waals surface area (Å²) in [6.07, 6.45) is 0.865. The molecule has 0 aliphatic heterocycles. The summed E-state index contributed by atoms with van der Waals surface area (Å²) in [5, 5.41) is 9.34. The fourth-order valence-corrected chi connectivity index (χ4v) is 36.2. The van der Waals surface area contributed by atoms with Gasteiger partial charge in [-0.15, -0.1) is 0 Å². The molecule has 9 nitrogen and oxygen atoms in total. The Bertz CT molecular complexity index is 5840. The van der Waals surface area contributed by atoms with E-state index >= 15 is 0 Å². The first-order valence-electron chi connectivity index (χ1n) is 45.9.